The number of rotatable bonds is 10. The van der Waals surface area contributed by atoms with Gasteiger partial charge >= 0.3 is 0 Å². The number of hydrogen-bond acceptors (Lipinski definition) is 11. The second kappa shape index (κ2) is 14.1. The van der Waals surface area contributed by atoms with Gasteiger partial charge in [-0.15, -0.1) is 10.2 Å². The van der Waals surface area contributed by atoms with Crippen molar-refractivity contribution >= 4 is 22.5 Å². The van der Waals surface area contributed by atoms with Gasteiger partial charge in [-0.2, -0.15) is 0 Å². The molecule has 11 heteroatoms. The highest BCUT2D eigenvalue weighted by molar-refractivity contribution is 6.01. The number of anilines is 2. The van der Waals surface area contributed by atoms with Crippen molar-refractivity contribution in [1.82, 2.24) is 39.9 Å². The number of pyridine rings is 2. The van der Waals surface area contributed by atoms with Crippen LogP contribution in [0.15, 0.2) is 91.3 Å². The molecular weight excluding hydrogens is 600 g/mol. The molecule has 1 saturated heterocycles. The molecule has 1 aliphatic heterocycles. The maximum absolute atomic E-state index is 6.32. The third-order valence-corrected chi connectivity index (χ3v) is 8.59. The third-order valence-electron chi connectivity index (χ3n) is 8.59. The number of piperazine rings is 1. The number of hydrogen-bond donors (Lipinski definition) is 2. The van der Waals surface area contributed by atoms with E-state index in [4.69, 9.17) is 20.4 Å². The van der Waals surface area contributed by atoms with Gasteiger partial charge in [-0.25, -0.2) is 15.0 Å². The van der Waals surface area contributed by atoms with Gasteiger partial charge < -0.3 is 25.6 Å². The molecule has 0 saturated carbocycles. The van der Waals surface area contributed by atoms with E-state index in [0.717, 1.165) is 90.2 Å². The van der Waals surface area contributed by atoms with Crippen LogP contribution in [0.4, 0.5) is 11.8 Å². The number of benzene rings is 2. The molecule has 7 rings (SSSR count). The summed E-state index contributed by atoms with van der Waals surface area (Å²) in [6, 6.07) is 25.5. The molecule has 4 aromatic heterocycles. The number of likely N-dealkylation sites (N-methyl/N-ethyl adjacent to an activating group) is 1. The lowest BCUT2D eigenvalue weighted by molar-refractivity contribution is 0.154. The van der Waals surface area contributed by atoms with Crippen LogP contribution >= 0.6 is 0 Å². The fourth-order valence-corrected chi connectivity index (χ4v) is 5.92. The highest BCUT2D eigenvalue weighted by Crippen LogP contribution is 2.36. The van der Waals surface area contributed by atoms with Crippen LogP contribution < -0.4 is 15.8 Å². The highest BCUT2D eigenvalue weighted by atomic mass is 16.5. The lowest BCUT2D eigenvalue weighted by Gasteiger charge is -2.32. The fraction of sp³-hybridized carbons (Fsp3) is 0.243. The molecule has 0 spiro atoms. The molecule has 3 N–H and O–H groups in total. The van der Waals surface area contributed by atoms with Crippen molar-refractivity contribution in [2.45, 2.75) is 13.3 Å². The van der Waals surface area contributed by atoms with Crippen molar-refractivity contribution in [3.63, 3.8) is 0 Å². The molecule has 6 aromatic rings. The van der Waals surface area contributed by atoms with Gasteiger partial charge in [0.25, 0.3) is 0 Å². The normalized spacial score (nSPS) is 13.9. The van der Waals surface area contributed by atoms with Gasteiger partial charge in [0.2, 0.25) is 11.8 Å². The standard InChI is InChI=1S/C37H38N10O/c1-25-10-15-28(33(42-25)34-29-7-3-4-8-30(29)35(38)45-44-34)26-11-13-27(14-12-26)48-36-31(9-5-17-39-36)32-16-19-41-37(43-32)40-18-6-20-47-23-21-46(2)22-24-47/h3-5,7-17,19H,6,18,20-24H2,1-2H3,(H2,38,45)(H,40,41,43). The Morgan fingerprint density at radius 1 is 0.771 bits per heavy atom. The Balaban J connectivity index is 1.07. The fourth-order valence-electron chi connectivity index (χ4n) is 5.92. The van der Waals surface area contributed by atoms with Crippen LogP contribution in [0.2, 0.25) is 0 Å². The van der Waals surface area contributed by atoms with Gasteiger partial charge in [0.1, 0.15) is 11.4 Å². The summed E-state index contributed by atoms with van der Waals surface area (Å²) in [7, 11) is 2.18. The van der Waals surface area contributed by atoms with E-state index in [9.17, 15) is 0 Å². The zero-order chi connectivity index (χ0) is 32.9. The highest BCUT2D eigenvalue weighted by Gasteiger charge is 2.17. The minimum atomic E-state index is 0.394. The maximum atomic E-state index is 6.32. The smallest absolute Gasteiger partial charge is 0.228 e. The van der Waals surface area contributed by atoms with Gasteiger partial charge in [0.15, 0.2) is 5.82 Å². The molecule has 0 amide bonds. The van der Waals surface area contributed by atoms with Crippen molar-refractivity contribution in [3.05, 3.63) is 97.0 Å². The monoisotopic (exact) mass is 638 g/mol. The average molecular weight is 639 g/mol. The van der Waals surface area contributed by atoms with Gasteiger partial charge in [0, 0.05) is 67.1 Å². The van der Waals surface area contributed by atoms with E-state index < -0.39 is 0 Å². The summed E-state index contributed by atoms with van der Waals surface area (Å²) in [4.78, 5) is 23.5. The molecule has 0 radical (unpaired) electrons. The van der Waals surface area contributed by atoms with Crippen molar-refractivity contribution in [3.8, 4) is 45.4 Å². The van der Waals surface area contributed by atoms with Crippen molar-refractivity contribution in [1.29, 1.82) is 0 Å². The molecule has 0 aliphatic carbocycles. The minimum Gasteiger partial charge on any atom is -0.438 e. The van der Waals surface area contributed by atoms with Gasteiger partial charge in [0.05, 0.1) is 17.0 Å². The van der Waals surface area contributed by atoms with Crippen LogP contribution in [0.1, 0.15) is 12.1 Å². The Labute approximate surface area is 279 Å². The average Bonchev–Trinajstić information content (AvgIpc) is 3.12. The largest absolute Gasteiger partial charge is 0.438 e. The van der Waals surface area contributed by atoms with Crippen LogP contribution in [0, 0.1) is 6.92 Å². The van der Waals surface area contributed by atoms with Crippen LogP contribution in [-0.2, 0) is 0 Å². The maximum Gasteiger partial charge on any atom is 0.228 e. The molecule has 11 nitrogen and oxygen atoms in total. The first kappa shape index (κ1) is 31.1. The predicted octanol–water partition coefficient (Wildman–Crippen LogP) is 5.94. The second-order valence-corrected chi connectivity index (χ2v) is 12.0. The molecule has 1 aliphatic rings. The number of nitrogen functional groups attached to an aromatic ring is 1. The zero-order valence-corrected chi connectivity index (χ0v) is 27.2. The Morgan fingerprint density at radius 2 is 1.58 bits per heavy atom. The Bertz CT molecular complexity index is 2030. The first-order valence-corrected chi connectivity index (χ1v) is 16.2. The molecule has 1 fully saturated rings. The molecule has 242 valence electrons. The Morgan fingerprint density at radius 3 is 2.42 bits per heavy atom. The molecule has 0 bridgehead atoms. The molecule has 2 aromatic carbocycles. The number of aromatic nitrogens is 6. The first-order valence-electron chi connectivity index (χ1n) is 16.2. The molecule has 48 heavy (non-hydrogen) atoms. The quantitative estimate of drug-likeness (QED) is 0.173. The lowest BCUT2D eigenvalue weighted by Crippen LogP contribution is -2.44. The summed E-state index contributed by atoms with van der Waals surface area (Å²) in [5.41, 5.74) is 11.9. The molecular formula is C37H38N10O. The third kappa shape index (κ3) is 6.92. The molecule has 5 heterocycles. The van der Waals surface area contributed by atoms with Gasteiger partial charge in [-0.05, 0) is 68.9 Å². The van der Waals surface area contributed by atoms with Gasteiger partial charge in [-0.3, -0.25) is 4.98 Å². The Hall–Kier alpha value is -5.52. The second-order valence-electron chi connectivity index (χ2n) is 12.0. The van der Waals surface area contributed by atoms with Crippen LogP contribution in [0.3, 0.4) is 0 Å². The SMILES string of the molecule is Cc1ccc(-c2ccc(Oc3ncccc3-c3ccnc(NCCCN4CCN(C)CC4)n3)cc2)c(-c2nnc(N)c3ccccc23)n1. The summed E-state index contributed by atoms with van der Waals surface area (Å²) in [6.07, 6.45) is 4.51. The van der Waals surface area contributed by atoms with Crippen LogP contribution in [-0.4, -0.2) is 86.2 Å². The van der Waals surface area contributed by atoms with Crippen LogP contribution in [0.5, 0.6) is 11.6 Å². The number of nitrogens with one attached hydrogen (secondary N) is 1. The summed E-state index contributed by atoms with van der Waals surface area (Å²) >= 11 is 0. The molecule has 0 atom stereocenters. The number of nitrogens with two attached hydrogens (primary N) is 1. The van der Waals surface area contributed by atoms with E-state index in [2.05, 4.69) is 48.4 Å². The van der Waals surface area contributed by atoms with Crippen molar-refractivity contribution in [2.24, 2.45) is 0 Å². The number of ether oxygens (including phenoxy) is 1. The topological polar surface area (TPSA) is 131 Å². The lowest BCUT2D eigenvalue weighted by atomic mass is 9.99. The summed E-state index contributed by atoms with van der Waals surface area (Å²) in [5.74, 6) is 2.09. The van der Waals surface area contributed by atoms with Crippen LogP contribution in [0.25, 0.3) is 44.5 Å². The van der Waals surface area contributed by atoms with Crippen molar-refractivity contribution < 1.29 is 4.74 Å². The van der Waals surface area contributed by atoms with Crippen molar-refractivity contribution in [2.75, 3.05) is 57.4 Å². The number of aryl methyl sites for hydroxylation is 1. The first-order chi connectivity index (χ1) is 23.5. The van der Waals surface area contributed by atoms with E-state index in [1.54, 1.807) is 12.4 Å². The number of nitrogens with zero attached hydrogens (tertiary/aromatic N) is 8. The minimum absolute atomic E-state index is 0.394. The Kier molecular flexibility index (Phi) is 9.12. The predicted molar refractivity (Wildman–Crippen MR) is 190 cm³/mol. The number of fused-ring (bicyclic) bond motifs is 1. The summed E-state index contributed by atoms with van der Waals surface area (Å²) in [5, 5.41) is 13.8. The van der Waals surface area contributed by atoms with E-state index >= 15 is 0 Å². The van der Waals surface area contributed by atoms with Gasteiger partial charge in [-0.1, -0.05) is 42.5 Å². The van der Waals surface area contributed by atoms with E-state index in [-0.39, 0.29) is 0 Å². The summed E-state index contributed by atoms with van der Waals surface area (Å²) in [6.45, 7) is 8.33. The summed E-state index contributed by atoms with van der Waals surface area (Å²) < 4.78 is 6.32. The van der Waals surface area contributed by atoms with E-state index in [0.29, 0.717) is 29.1 Å². The zero-order valence-electron chi connectivity index (χ0n) is 27.2. The van der Waals surface area contributed by atoms with E-state index in [1.807, 2.05) is 79.7 Å². The van der Waals surface area contributed by atoms with E-state index in [1.165, 1.54) is 0 Å². The molecule has 0 unspecified atom stereocenters.